The summed E-state index contributed by atoms with van der Waals surface area (Å²) in [5.41, 5.74) is 0.495. The zero-order valence-electron chi connectivity index (χ0n) is 11.3. The third-order valence-corrected chi connectivity index (χ3v) is 3.42. The summed E-state index contributed by atoms with van der Waals surface area (Å²) < 4.78 is 0. The summed E-state index contributed by atoms with van der Waals surface area (Å²) in [7, 11) is 0. The number of Topliss-reactive ketones (excluding diaryl/α,β-unsaturated/α-hetero) is 1. The van der Waals surface area contributed by atoms with Crippen LogP contribution in [0.3, 0.4) is 0 Å². The summed E-state index contributed by atoms with van der Waals surface area (Å²) in [6.07, 6.45) is 14.1. The Kier molecular flexibility index (Phi) is 7.88. The van der Waals surface area contributed by atoms with Crippen LogP contribution in [0.4, 0.5) is 0 Å². The molecule has 1 aliphatic rings. The van der Waals surface area contributed by atoms with Crippen molar-refractivity contribution < 1.29 is 4.79 Å². The van der Waals surface area contributed by atoms with Crippen LogP contribution in [-0.4, -0.2) is 5.78 Å². The molecule has 0 radical (unpaired) electrons. The lowest BCUT2D eigenvalue weighted by Crippen LogP contribution is -2.15. The van der Waals surface area contributed by atoms with E-state index in [0.717, 1.165) is 0 Å². The maximum atomic E-state index is 10.2. The smallest absolute Gasteiger partial charge is 0.132 e. The molecule has 0 saturated carbocycles. The number of rotatable bonds is 4. The van der Waals surface area contributed by atoms with Crippen LogP contribution >= 0.6 is 0 Å². The van der Waals surface area contributed by atoms with E-state index >= 15 is 0 Å². The van der Waals surface area contributed by atoms with Crippen molar-refractivity contribution >= 4 is 5.78 Å². The minimum atomic E-state index is 0.343. The van der Waals surface area contributed by atoms with E-state index in [1.54, 1.807) is 0 Å². The molecule has 92 valence electrons. The molecule has 16 heavy (non-hydrogen) atoms. The summed E-state index contributed by atoms with van der Waals surface area (Å²) in [4.78, 5) is 10.2. The molecule has 0 spiro atoms. The Morgan fingerprint density at radius 2 is 1.62 bits per heavy atom. The third-order valence-electron chi connectivity index (χ3n) is 3.42. The SMILES string of the molecule is CCC(=O)CC.CCC1(CC)C=CC=CC1. The molecule has 0 atom stereocenters. The molecule has 0 aromatic rings. The Bertz CT molecular complexity index is 238. The zero-order valence-corrected chi connectivity index (χ0v) is 11.3. The van der Waals surface area contributed by atoms with E-state index < -0.39 is 0 Å². The first-order valence-electron chi connectivity index (χ1n) is 6.50. The van der Waals surface area contributed by atoms with E-state index in [4.69, 9.17) is 0 Å². The number of hydrogen-bond donors (Lipinski definition) is 0. The van der Waals surface area contributed by atoms with E-state index in [1.165, 1.54) is 19.3 Å². The highest BCUT2D eigenvalue weighted by atomic mass is 16.1. The van der Waals surface area contributed by atoms with Gasteiger partial charge in [-0.3, -0.25) is 4.79 Å². The summed E-state index contributed by atoms with van der Waals surface area (Å²) in [5.74, 6) is 0.343. The number of carbonyl (C=O) groups excluding carboxylic acids is 1. The van der Waals surface area contributed by atoms with Crippen LogP contribution < -0.4 is 0 Å². The lowest BCUT2D eigenvalue weighted by molar-refractivity contribution is -0.118. The molecule has 0 fully saturated rings. The Hall–Kier alpha value is -0.850. The van der Waals surface area contributed by atoms with Crippen molar-refractivity contribution in [2.75, 3.05) is 0 Å². The topological polar surface area (TPSA) is 17.1 Å². The fraction of sp³-hybridized carbons (Fsp3) is 0.667. The van der Waals surface area contributed by atoms with Gasteiger partial charge in [-0.15, -0.1) is 0 Å². The van der Waals surface area contributed by atoms with Gasteiger partial charge in [0.2, 0.25) is 0 Å². The van der Waals surface area contributed by atoms with E-state index in [1.807, 2.05) is 13.8 Å². The second kappa shape index (κ2) is 8.32. The summed E-state index contributed by atoms with van der Waals surface area (Å²) in [5, 5.41) is 0. The highest BCUT2D eigenvalue weighted by molar-refractivity contribution is 5.77. The van der Waals surface area contributed by atoms with Gasteiger partial charge < -0.3 is 0 Å². The van der Waals surface area contributed by atoms with Crippen LogP contribution in [0.5, 0.6) is 0 Å². The summed E-state index contributed by atoms with van der Waals surface area (Å²) >= 11 is 0. The number of allylic oxidation sites excluding steroid dienone is 4. The second-order valence-corrected chi connectivity index (χ2v) is 4.31. The molecular formula is C15H26O. The summed E-state index contributed by atoms with van der Waals surface area (Å²) in [6.45, 7) is 8.30. The molecule has 0 bridgehead atoms. The fourth-order valence-corrected chi connectivity index (χ4v) is 1.73. The van der Waals surface area contributed by atoms with Crippen LogP contribution in [0.1, 0.15) is 59.8 Å². The Balaban J connectivity index is 0.000000325. The molecule has 0 saturated heterocycles. The van der Waals surface area contributed by atoms with Gasteiger partial charge in [-0.2, -0.15) is 0 Å². The van der Waals surface area contributed by atoms with Crippen molar-refractivity contribution in [3.05, 3.63) is 24.3 Å². The minimum absolute atomic E-state index is 0.343. The maximum absolute atomic E-state index is 10.2. The highest BCUT2D eigenvalue weighted by Crippen LogP contribution is 2.34. The molecule has 0 aromatic carbocycles. The monoisotopic (exact) mass is 222 g/mol. The Morgan fingerprint density at radius 1 is 1.06 bits per heavy atom. The standard InChI is InChI=1S/C10H16.C5H10O/c1-3-10(4-2)8-6-5-7-9-10;1-3-5(6)4-2/h5-8H,3-4,9H2,1-2H3;3-4H2,1-2H3. The van der Waals surface area contributed by atoms with Gasteiger partial charge in [0.25, 0.3) is 0 Å². The van der Waals surface area contributed by atoms with Crippen LogP contribution in [0, 0.1) is 5.41 Å². The van der Waals surface area contributed by atoms with E-state index in [-0.39, 0.29) is 0 Å². The first kappa shape index (κ1) is 15.2. The molecule has 1 aliphatic carbocycles. The molecule has 0 amide bonds. The Morgan fingerprint density at radius 3 is 1.81 bits per heavy atom. The van der Waals surface area contributed by atoms with Gasteiger partial charge in [0.1, 0.15) is 5.78 Å². The van der Waals surface area contributed by atoms with Crippen molar-refractivity contribution in [1.82, 2.24) is 0 Å². The van der Waals surface area contributed by atoms with Gasteiger partial charge >= 0.3 is 0 Å². The normalized spacial score (nSPS) is 16.5. The van der Waals surface area contributed by atoms with Crippen LogP contribution in [0.25, 0.3) is 0 Å². The zero-order chi connectivity index (χ0) is 12.4. The molecule has 0 N–H and O–H groups in total. The number of ketones is 1. The third kappa shape index (κ3) is 5.29. The average molecular weight is 222 g/mol. The van der Waals surface area contributed by atoms with Crippen molar-refractivity contribution in [3.63, 3.8) is 0 Å². The van der Waals surface area contributed by atoms with Crippen LogP contribution in [0.2, 0.25) is 0 Å². The van der Waals surface area contributed by atoms with Gasteiger partial charge in [-0.05, 0) is 24.7 Å². The van der Waals surface area contributed by atoms with Crippen molar-refractivity contribution in [2.24, 2.45) is 5.41 Å². The maximum Gasteiger partial charge on any atom is 0.132 e. The predicted octanol–water partition coefficient (Wildman–Crippen LogP) is 4.68. The van der Waals surface area contributed by atoms with Gasteiger partial charge in [-0.25, -0.2) is 0 Å². The molecule has 0 aromatic heterocycles. The molecule has 0 heterocycles. The lowest BCUT2D eigenvalue weighted by atomic mass is 9.77. The molecule has 1 nitrogen and oxygen atoms in total. The largest absolute Gasteiger partial charge is 0.300 e. The molecule has 0 unspecified atom stereocenters. The van der Waals surface area contributed by atoms with Crippen molar-refractivity contribution in [2.45, 2.75) is 59.8 Å². The molecule has 1 heteroatoms. The first-order chi connectivity index (χ1) is 7.64. The van der Waals surface area contributed by atoms with Gasteiger partial charge in [-0.1, -0.05) is 52.0 Å². The lowest BCUT2D eigenvalue weighted by Gasteiger charge is -2.28. The van der Waals surface area contributed by atoms with Crippen molar-refractivity contribution in [1.29, 1.82) is 0 Å². The number of carbonyl (C=O) groups is 1. The highest BCUT2D eigenvalue weighted by Gasteiger charge is 2.21. The quantitative estimate of drug-likeness (QED) is 0.674. The molecule has 0 aliphatic heterocycles. The van der Waals surface area contributed by atoms with Crippen molar-refractivity contribution in [3.8, 4) is 0 Å². The average Bonchev–Trinajstić information content (AvgIpc) is 2.39. The fourth-order valence-electron chi connectivity index (χ4n) is 1.73. The van der Waals surface area contributed by atoms with Crippen LogP contribution in [0.15, 0.2) is 24.3 Å². The summed E-state index contributed by atoms with van der Waals surface area (Å²) in [6, 6.07) is 0. The van der Waals surface area contributed by atoms with Crippen LogP contribution in [-0.2, 0) is 4.79 Å². The van der Waals surface area contributed by atoms with E-state index in [9.17, 15) is 4.79 Å². The Labute approximate surface area is 101 Å². The van der Waals surface area contributed by atoms with Gasteiger partial charge in [0.15, 0.2) is 0 Å². The second-order valence-electron chi connectivity index (χ2n) is 4.31. The molecule has 1 rings (SSSR count). The minimum Gasteiger partial charge on any atom is -0.300 e. The number of hydrogen-bond acceptors (Lipinski definition) is 1. The molecular weight excluding hydrogens is 196 g/mol. The first-order valence-corrected chi connectivity index (χ1v) is 6.50. The van der Waals surface area contributed by atoms with E-state index in [0.29, 0.717) is 24.0 Å². The van der Waals surface area contributed by atoms with Gasteiger partial charge in [0, 0.05) is 12.8 Å². The van der Waals surface area contributed by atoms with Gasteiger partial charge in [0.05, 0.1) is 0 Å². The predicted molar refractivity (Wildman–Crippen MR) is 71.5 cm³/mol. The van der Waals surface area contributed by atoms with E-state index in [2.05, 4.69) is 38.2 Å².